The first-order valence-corrected chi connectivity index (χ1v) is 14.5. The number of hydrogen-bond donors (Lipinski definition) is 0. The highest BCUT2D eigenvalue weighted by Crippen LogP contribution is 2.43. The van der Waals surface area contributed by atoms with E-state index in [9.17, 15) is 0 Å². The lowest BCUT2D eigenvalue weighted by Gasteiger charge is -2.17. The Kier molecular flexibility index (Phi) is 4.93. The summed E-state index contributed by atoms with van der Waals surface area (Å²) >= 11 is 0. The Hall–Kier alpha value is -5.60. The number of fused-ring (bicyclic) bond motifs is 8. The highest BCUT2D eigenvalue weighted by Gasteiger charge is 2.22. The van der Waals surface area contributed by atoms with Gasteiger partial charge < -0.3 is 9.13 Å². The molecule has 2 nitrogen and oxygen atoms in total. The summed E-state index contributed by atoms with van der Waals surface area (Å²) in [6, 6.07) is 57.2. The van der Waals surface area contributed by atoms with Crippen LogP contribution in [0.25, 0.3) is 76.9 Å². The normalized spacial score (nSPS) is 11.8. The van der Waals surface area contributed by atoms with E-state index in [0.717, 1.165) is 5.69 Å². The van der Waals surface area contributed by atoms with Gasteiger partial charge in [0.1, 0.15) is 0 Å². The third-order valence-corrected chi connectivity index (χ3v) is 8.71. The van der Waals surface area contributed by atoms with Crippen LogP contribution < -0.4 is 0 Å². The maximum atomic E-state index is 2.50. The maximum absolute atomic E-state index is 2.50. The molecule has 0 N–H and O–H groups in total. The molecule has 9 aromatic rings. The van der Waals surface area contributed by atoms with Crippen molar-refractivity contribution in [1.82, 2.24) is 9.13 Å². The van der Waals surface area contributed by atoms with Gasteiger partial charge in [0, 0.05) is 32.8 Å². The van der Waals surface area contributed by atoms with E-state index in [1.807, 2.05) is 0 Å². The van der Waals surface area contributed by atoms with E-state index in [2.05, 4.69) is 167 Å². The molecule has 196 valence electrons. The van der Waals surface area contributed by atoms with Gasteiger partial charge in [0.2, 0.25) is 0 Å². The van der Waals surface area contributed by atoms with Crippen molar-refractivity contribution in [2.45, 2.75) is 0 Å². The summed E-state index contributed by atoms with van der Waals surface area (Å²) < 4.78 is 4.95. The Labute approximate surface area is 243 Å². The molecule has 0 bridgehead atoms. The summed E-state index contributed by atoms with van der Waals surface area (Å²) in [5.41, 5.74) is 9.67. The van der Waals surface area contributed by atoms with Crippen molar-refractivity contribution in [3.05, 3.63) is 158 Å². The second-order valence-corrected chi connectivity index (χ2v) is 10.9. The SMILES string of the molecule is c1ccc(-n2c3ccccc3c3ccc4c5ccccc5n(-c5ccccc5-c5cccc6ccccc56)c4c32)cc1. The lowest BCUT2D eigenvalue weighted by molar-refractivity contribution is 1.15. The Morgan fingerprint density at radius 3 is 1.60 bits per heavy atom. The Morgan fingerprint density at radius 2 is 0.833 bits per heavy atom. The molecule has 0 spiro atoms. The number of rotatable bonds is 3. The Balaban J connectivity index is 1.51. The highest BCUT2D eigenvalue weighted by molar-refractivity contribution is 6.24. The minimum atomic E-state index is 1.16. The lowest BCUT2D eigenvalue weighted by atomic mass is 9.97. The zero-order valence-electron chi connectivity index (χ0n) is 22.9. The first kappa shape index (κ1) is 23.1. The maximum Gasteiger partial charge on any atom is 0.0789 e. The van der Waals surface area contributed by atoms with E-state index in [1.54, 1.807) is 0 Å². The summed E-state index contributed by atoms with van der Waals surface area (Å²) in [4.78, 5) is 0. The first-order chi connectivity index (χ1) is 20.9. The van der Waals surface area contributed by atoms with Gasteiger partial charge in [-0.2, -0.15) is 0 Å². The molecule has 42 heavy (non-hydrogen) atoms. The monoisotopic (exact) mass is 534 g/mol. The highest BCUT2D eigenvalue weighted by atomic mass is 15.0. The molecule has 0 fully saturated rings. The van der Waals surface area contributed by atoms with Crippen LogP contribution in [-0.4, -0.2) is 9.13 Å². The fraction of sp³-hybridized carbons (Fsp3) is 0. The molecule has 0 aliphatic heterocycles. The number of aromatic nitrogens is 2. The molecule has 0 amide bonds. The van der Waals surface area contributed by atoms with Gasteiger partial charge in [-0.15, -0.1) is 0 Å². The number of para-hydroxylation sites is 4. The predicted octanol–water partition coefficient (Wildman–Crippen LogP) is 10.7. The number of hydrogen-bond acceptors (Lipinski definition) is 0. The molecule has 2 heteroatoms. The van der Waals surface area contributed by atoms with Gasteiger partial charge in [-0.3, -0.25) is 0 Å². The molecule has 0 aliphatic rings. The molecular formula is C40H26N2. The largest absolute Gasteiger partial charge is 0.307 e. The van der Waals surface area contributed by atoms with E-state index in [1.165, 1.54) is 71.2 Å². The summed E-state index contributed by atoms with van der Waals surface area (Å²) in [7, 11) is 0. The van der Waals surface area contributed by atoms with Gasteiger partial charge in [-0.25, -0.2) is 0 Å². The van der Waals surface area contributed by atoms with Crippen molar-refractivity contribution in [2.24, 2.45) is 0 Å². The molecule has 0 atom stereocenters. The van der Waals surface area contributed by atoms with Crippen molar-refractivity contribution >= 4 is 54.4 Å². The zero-order valence-corrected chi connectivity index (χ0v) is 22.9. The smallest absolute Gasteiger partial charge is 0.0789 e. The molecule has 7 aromatic carbocycles. The second kappa shape index (κ2) is 8.95. The molecule has 2 aromatic heterocycles. The van der Waals surface area contributed by atoms with Crippen molar-refractivity contribution in [3.63, 3.8) is 0 Å². The van der Waals surface area contributed by atoms with Crippen LogP contribution in [0.1, 0.15) is 0 Å². The van der Waals surface area contributed by atoms with Crippen LogP contribution in [-0.2, 0) is 0 Å². The minimum Gasteiger partial charge on any atom is -0.307 e. The third-order valence-electron chi connectivity index (χ3n) is 8.71. The zero-order chi connectivity index (χ0) is 27.6. The average molecular weight is 535 g/mol. The fourth-order valence-electron chi connectivity index (χ4n) is 6.95. The molecular weight excluding hydrogens is 508 g/mol. The summed E-state index contributed by atoms with van der Waals surface area (Å²) in [6.45, 7) is 0. The van der Waals surface area contributed by atoms with Crippen LogP contribution in [0, 0.1) is 0 Å². The van der Waals surface area contributed by atoms with Gasteiger partial charge >= 0.3 is 0 Å². The predicted molar refractivity (Wildman–Crippen MR) is 178 cm³/mol. The van der Waals surface area contributed by atoms with Crippen molar-refractivity contribution in [2.75, 3.05) is 0 Å². The Morgan fingerprint density at radius 1 is 0.310 bits per heavy atom. The quantitative estimate of drug-likeness (QED) is 0.213. The topological polar surface area (TPSA) is 9.86 Å². The van der Waals surface area contributed by atoms with Crippen molar-refractivity contribution in [1.29, 1.82) is 0 Å². The van der Waals surface area contributed by atoms with E-state index < -0.39 is 0 Å². The second-order valence-electron chi connectivity index (χ2n) is 10.9. The molecule has 0 aliphatic carbocycles. The van der Waals surface area contributed by atoms with Crippen molar-refractivity contribution < 1.29 is 0 Å². The van der Waals surface area contributed by atoms with Crippen LogP contribution in [0.2, 0.25) is 0 Å². The average Bonchev–Trinajstić information content (AvgIpc) is 3.58. The lowest BCUT2D eigenvalue weighted by Crippen LogP contribution is -2.00. The number of benzene rings is 7. The summed E-state index contributed by atoms with van der Waals surface area (Å²) in [5.74, 6) is 0. The van der Waals surface area contributed by atoms with E-state index >= 15 is 0 Å². The summed E-state index contributed by atoms with van der Waals surface area (Å²) in [5, 5.41) is 7.54. The third kappa shape index (κ3) is 3.21. The van der Waals surface area contributed by atoms with Crippen LogP contribution in [0.4, 0.5) is 0 Å². The molecule has 0 unspecified atom stereocenters. The van der Waals surface area contributed by atoms with Gasteiger partial charge in [0.05, 0.1) is 27.8 Å². The van der Waals surface area contributed by atoms with E-state index in [-0.39, 0.29) is 0 Å². The molecule has 2 heterocycles. The van der Waals surface area contributed by atoms with Crippen molar-refractivity contribution in [3.8, 4) is 22.5 Å². The number of nitrogens with zero attached hydrogens (tertiary/aromatic N) is 2. The molecule has 9 rings (SSSR count). The fourth-order valence-corrected chi connectivity index (χ4v) is 6.95. The van der Waals surface area contributed by atoms with Crippen LogP contribution in [0.3, 0.4) is 0 Å². The van der Waals surface area contributed by atoms with Gasteiger partial charge in [0.25, 0.3) is 0 Å². The minimum absolute atomic E-state index is 1.16. The molecule has 0 saturated heterocycles. The van der Waals surface area contributed by atoms with Gasteiger partial charge in [-0.05, 0) is 46.7 Å². The molecule has 0 saturated carbocycles. The Bertz CT molecular complexity index is 2450. The van der Waals surface area contributed by atoms with Crippen LogP contribution in [0.15, 0.2) is 158 Å². The van der Waals surface area contributed by atoms with Gasteiger partial charge in [-0.1, -0.05) is 127 Å². The molecule has 0 radical (unpaired) electrons. The van der Waals surface area contributed by atoms with E-state index in [4.69, 9.17) is 0 Å². The van der Waals surface area contributed by atoms with E-state index in [0.29, 0.717) is 0 Å². The van der Waals surface area contributed by atoms with Crippen LogP contribution in [0.5, 0.6) is 0 Å². The van der Waals surface area contributed by atoms with Gasteiger partial charge in [0.15, 0.2) is 0 Å². The first-order valence-electron chi connectivity index (χ1n) is 14.5. The van der Waals surface area contributed by atoms with Crippen LogP contribution >= 0.6 is 0 Å². The standard InChI is InChI=1S/C40H26N2/c1-2-15-28(16-3-1)41-36-22-9-7-19-32(36)34-25-26-35-33-20-8-11-24-38(33)42(40(35)39(34)41)37-23-10-6-18-31(37)30-21-12-14-27-13-4-5-17-29(27)30/h1-26H. The summed E-state index contributed by atoms with van der Waals surface area (Å²) in [6.07, 6.45) is 0.